The van der Waals surface area contributed by atoms with Crippen LogP contribution in [0.4, 0.5) is 0 Å². The highest BCUT2D eigenvalue weighted by Gasteiger charge is 2.38. The third kappa shape index (κ3) is 2.72. The number of rotatable bonds is 4. The van der Waals surface area contributed by atoms with Crippen LogP contribution in [0.25, 0.3) is 0 Å². The Morgan fingerprint density at radius 2 is 1.83 bits per heavy atom. The first-order chi connectivity index (χ1) is 8.63. The smallest absolute Gasteiger partial charge is 0.305 e. The zero-order valence-corrected chi connectivity index (χ0v) is 10.6. The summed E-state index contributed by atoms with van der Waals surface area (Å²) < 4.78 is 0. The van der Waals surface area contributed by atoms with Crippen molar-refractivity contribution in [3.05, 3.63) is 35.9 Å². The van der Waals surface area contributed by atoms with E-state index in [1.165, 1.54) is 6.42 Å². The Hall–Kier alpha value is -1.35. The summed E-state index contributed by atoms with van der Waals surface area (Å²) in [7, 11) is 0. The molecule has 18 heavy (non-hydrogen) atoms. The van der Waals surface area contributed by atoms with Crippen LogP contribution >= 0.6 is 0 Å². The van der Waals surface area contributed by atoms with Crippen molar-refractivity contribution < 1.29 is 9.90 Å². The first-order valence-corrected chi connectivity index (χ1v) is 6.69. The van der Waals surface area contributed by atoms with Gasteiger partial charge in [0.15, 0.2) is 0 Å². The SMILES string of the molecule is NC(CC(=O)O)(c1ccccc1)C1CCCCC1. The molecule has 98 valence electrons. The van der Waals surface area contributed by atoms with Gasteiger partial charge in [-0.2, -0.15) is 0 Å². The Kier molecular flexibility index (Phi) is 4.02. The van der Waals surface area contributed by atoms with Crippen LogP contribution in [0.5, 0.6) is 0 Å². The molecule has 1 fully saturated rings. The molecule has 0 amide bonds. The molecule has 0 heterocycles. The molecule has 1 aromatic rings. The van der Waals surface area contributed by atoms with Gasteiger partial charge in [-0.15, -0.1) is 0 Å². The van der Waals surface area contributed by atoms with Crippen molar-refractivity contribution in [3.63, 3.8) is 0 Å². The van der Waals surface area contributed by atoms with Crippen molar-refractivity contribution in [3.8, 4) is 0 Å². The zero-order valence-electron chi connectivity index (χ0n) is 10.6. The number of carboxylic acids is 1. The molecule has 3 N–H and O–H groups in total. The Morgan fingerprint density at radius 1 is 1.22 bits per heavy atom. The maximum absolute atomic E-state index is 11.2. The predicted octanol–water partition coefficient (Wildman–Crippen LogP) is 2.90. The summed E-state index contributed by atoms with van der Waals surface area (Å²) in [4.78, 5) is 11.2. The quantitative estimate of drug-likeness (QED) is 0.860. The van der Waals surface area contributed by atoms with Gasteiger partial charge in [0.1, 0.15) is 0 Å². The largest absolute Gasteiger partial charge is 0.481 e. The van der Waals surface area contributed by atoms with Crippen molar-refractivity contribution >= 4 is 5.97 Å². The molecule has 3 nitrogen and oxygen atoms in total. The second-order valence-electron chi connectivity index (χ2n) is 5.31. The summed E-state index contributed by atoms with van der Waals surface area (Å²) in [5.74, 6) is -0.531. The summed E-state index contributed by atoms with van der Waals surface area (Å²) in [5, 5.41) is 9.16. The topological polar surface area (TPSA) is 63.3 Å². The van der Waals surface area contributed by atoms with Crippen LogP contribution in [0.2, 0.25) is 0 Å². The van der Waals surface area contributed by atoms with Crippen molar-refractivity contribution in [1.29, 1.82) is 0 Å². The van der Waals surface area contributed by atoms with E-state index < -0.39 is 11.5 Å². The van der Waals surface area contributed by atoms with Gasteiger partial charge in [-0.05, 0) is 24.3 Å². The molecule has 1 aliphatic carbocycles. The van der Waals surface area contributed by atoms with Crippen LogP contribution in [0.3, 0.4) is 0 Å². The molecule has 1 atom stereocenters. The van der Waals surface area contributed by atoms with Crippen LogP contribution in [0.15, 0.2) is 30.3 Å². The monoisotopic (exact) mass is 247 g/mol. The zero-order chi connectivity index (χ0) is 13.0. The Bertz CT molecular complexity index is 398. The lowest BCUT2D eigenvalue weighted by molar-refractivity contribution is -0.139. The number of benzene rings is 1. The molecule has 0 spiro atoms. The van der Waals surface area contributed by atoms with Crippen molar-refractivity contribution in [1.82, 2.24) is 0 Å². The molecule has 0 aromatic heterocycles. The lowest BCUT2D eigenvalue weighted by atomic mass is 9.70. The first-order valence-electron chi connectivity index (χ1n) is 6.69. The molecule has 1 unspecified atom stereocenters. The molecule has 3 heteroatoms. The third-order valence-corrected chi connectivity index (χ3v) is 4.09. The van der Waals surface area contributed by atoms with E-state index in [-0.39, 0.29) is 12.3 Å². The van der Waals surface area contributed by atoms with Gasteiger partial charge in [-0.25, -0.2) is 0 Å². The fourth-order valence-corrected chi connectivity index (χ4v) is 3.10. The Balaban J connectivity index is 2.30. The van der Waals surface area contributed by atoms with Gasteiger partial charge >= 0.3 is 5.97 Å². The lowest BCUT2D eigenvalue weighted by Crippen LogP contribution is -2.46. The van der Waals surface area contributed by atoms with E-state index >= 15 is 0 Å². The molecular formula is C15H21NO2. The minimum absolute atomic E-state index is 0.0156. The molecule has 1 aliphatic rings. The second-order valence-corrected chi connectivity index (χ2v) is 5.31. The molecule has 0 aliphatic heterocycles. The average molecular weight is 247 g/mol. The number of carboxylic acid groups (broad SMARTS) is 1. The normalized spacial score (nSPS) is 20.3. The van der Waals surface area contributed by atoms with Crippen LogP contribution in [-0.2, 0) is 10.3 Å². The number of carbonyl (C=O) groups is 1. The second kappa shape index (κ2) is 5.53. The van der Waals surface area contributed by atoms with Gasteiger partial charge in [0.2, 0.25) is 0 Å². The van der Waals surface area contributed by atoms with E-state index in [9.17, 15) is 4.79 Å². The number of hydrogen-bond donors (Lipinski definition) is 2. The fraction of sp³-hybridized carbons (Fsp3) is 0.533. The molecule has 0 bridgehead atoms. The molecule has 1 saturated carbocycles. The summed E-state index contributed by atoms with van der Waals surface area (Å²) >= 11 is 0. The standard InChI is InChI=1S/C15H21NO2/c16-15(11-14(17)18,12-7-3-1-4-8-12)13-9-5-2-6-10-13/h1,3-4,7-8,13H,2,5-6,9-11,16H2,(H,17,18). The van der Waals surface area contributed by atoms with Crippen LogP contribution in [0.1, 0.15) is 44.1 Å². The lowest BCUT2D eigenvalue weighted by Gasteiger charge is -2.39. The van der Waals surface area contributed by atoms with E-state index in [4.69, 9.17) is 10.8 Å². The van der Waals surface area contributed by atoms with Crippen molar-refractivity contribution in [2.24, 2.45) is 11.7 Å². The van der Waals surface area contributed by atoms with Crippen LogP contribution in [0, 0.1) is 5.92 Å². The number of hydrogen-bond acceptors (Lipinski definition) is 2. The Morgan fingerprint density at radius 3 is 2.39 bits per heavy atom. The number of aliphatic carboxylic acids is 1. The maximum Gasteiger partial charge on any atom is 0.305 e. The summed E-state index contributed by atoms with van der Waals surface area (Å²) in [5.41, 5.74) is 6.76. The molecule has 0 radical (unpaired) electrons. The fourth-order valence-electron chi connectivity index (χ4n) is 3.10. The van der Waals surface area contributed by atoms with E-state index in [1.54, 1.807) is 0 Å². The van der Waals surface area contributed by atoms with E-state index in [0.717, 1.165) is 31.2 Å². The van der Waals surface area contributed by atoms with Gasteiger partial charge in [0.05, 0.1) is 12.0 Å². The first kappa shape index (κ1) is 13.1. The van der Waals surface area contributed by atoms with Crippen molar-refractivity contribution in [2.75, 3.05) is 0 Å². The highest BCUT2D eigenvalue weighted by molar-refractivity contribution is 5.69. The van der Waals surface area contributed by atoms with Crippen molar-refractivity contribution in [2.45, 2.75) is 44.1 Å². The molecule has 0 saturated heterocycles. The molecule has 1 aromatic carbocycles. The summed E-state index contributed by atoms with van der Waals surface area (Å²) in [6.07, 6.45) is 5.67. The van der Waals surface area contributed by atoms with Crippen LogP contribution in [-0.4, -0.2) is 11.1 Å². The molecule has 2 rings (SSSR count). The minimum atomic E-state index is -0.813. The maximum atomic E-state index is 11.2. The minimum Gasteiger partial charge on any atom is -0.481 e. The van der Waals surface area contributed by atoms with Gasteiger partial charge in [0, 0.05) is 0 Å². The highest BCUT2D eigenvalue weighted by Crippen LogP contribution is 2.39. The third-order valence-electron chi connectivity index (χ3n) is 4.09. The van der Waals surface area contributed by atoms with E-state index in [1.807, 2.05) is 30.3 Å². The van der Waals surface area contributed by atoms with E-state index in [0.29, 0.717) is 0 Å². The average Bonchev–Trinajstić information content (AvgIpc) is 2.40. The summed E-state index contributed by atoms with van der Waals surface area (Å²) in [6.45, 7) is 0. The van der Waals surface area contributed by atoms with Gasteiger partial charge in [-0.1, -0.05) is 49.6 Å². The highest BCUT2D eigenvalue weighted by atomic mass is 16.4. The number of nitrogens with two attached hydrogens (primary N) is 1. The molecular weight excluding hydrogens is 226 g/mol. The van der Waals surface area contributed by atoms with E-state index in [2.05, 4.69) is 0 Å². The Labute approximate surface area is 108 Å². The van der Waals surface area contributed by atoms with Gasteiger partial charge < -0.3 is 10.8 Å². The van der Waals surface area contributed by atoms with Gasteiger partial charge in [0.25, 0.3) is 0 Å². The van der Waals surface area contributed by atoms with Gasteiger partial charge in [-0.3, -0.25) is 4.79 Å². The predicted molar refractivity (Wildman–Crippen MR) is 71.1 cm³/mol. The van der Waals surface area contributed by atoms with Crippen LogP contribution < -0.4 is 5.73 Å². The summed E-state index contributed by atoms with van der Waals surface area (Å²) in [6, 6.07) is 9.71.